The van der Waals surface area contributed by atoms with Crippen LogP contribution in [-0.2, 0) is 51.2 Å². The minimum absolute atomic E-state index is 0.335. The number of benzene rings is 2. The average Bonchev–Trinajstić information content (AvgIpc) is 3.17. The van der Waals surface area contributed by atoms with Crippen molar-refractivity contribution in [1.82, 2.24) is 0 Å². The number of carbonyl (C=O) groups is 2. The summed E-state index contributed by atoms with van der Waals surface area (Å²) in [6.07, 6.45) is 15.0. The molecular formula is C42H56O8. The average molecular weight is 689 g/mol. The SMILES string of the molecule is C=CC(=O)OCCC[C@H]1CC[C@H](c2ccc(CO[C@@H]3OCCO[C@H]3OCc3ccc([C@H]4CC[C@H](CCCOC(=O)C=C)CC4)cc3)cc2)CC1. The van der Waals surface area contributed by atoms with Gasteiger partial charge in [0.1, 0.15) is 0 Å². The highest BCUT2D eigenvalue weighted by molar-refractivity contribution is 5.81. The largest absolute Gasteiger partial charge is 0.463 e. The molecule has 2 atom stereocenters. The zero-order valence-electron chi connectivity index (χ0n) is 29.6. The van der Waals surface area contributed by atoms with Gasteiger partial charge in [0.25, 0.3) is 0 Å². The van der Waals surface area contributed by atoms with Gasteiger partial charge in [-0.1, -0.05) is 61.7 Å². The molecule has 5 rings (SSSR count). The molecule has 1 aliphatic heterocycles. The Morgan fingerprint density at radius 3 is 1.34 bits per heavy atom. The zero-order chi connectivity index (χ0) is 35.0. The predicted octanol–water partition coefficient (Wildman–Crippen LogP) is 8.69. The fourth-order valence-electron chi connectivity index (χ4n) is 7.64. The highest BCUT2D eigenvalue weighted by Gasteiger charge is 2.29. The molecule has 0 N–H and O–H groups in total. The first-order chi connectivity index (χ1) is 24.5. The maximum Gasteiger partial charge on any atom is 0.330 e. The van der Waals surface area contributed by atoms with Crippen molar-refractivity contribution >= 4 is 11.9 Å². The molecule has 1 saturated heterocycles. The smallest absolute Gasteiger partial charge is 0.330 e. The second-order valence-electron chi connectivity index (χ2n) is 14.0. The third-order valence-corrected chi connectivity index (χ3v) is 10.6. The maximum atomic E-state index is 11.2. The molecule has 3 aliphatic rings. The number of hydrogen-bond donors (Lipinski definition) is 0. The number of rotatable bonds is 18. The molecule has 1 heterocycles. The molecule has 8 nitrogen and oxygen atoms in total. The van der Waals surface area contributed by atoms with E-state index in [0.717, 1.165) is 36.8 Å². The minimum Gasteiger partial charge on any atom is -0.463 e. The van der Waals surface area contributed by atoms with Gasteiger partial charge in [-0.25, -0.2) is 9.59 Å². The summed E-state index contributed by atoms with van der Waals surface area (Å²) in [5.41, 5.74) is 4.99. The summed E-state index contributed by atoms with van der Waals surface area (Å²) in [5.74, 6) is 1.94. The van der Waals surface area contributed by atoms with E-state index in [2.05, 4.69) is 61.7 Å². The molecule has 2 aromatic rings. The Bertz CT molecular complexity index is 1220. The summed E-state index contributed by atoms with van der Waals surface area (Å²) >= 11 is 0. The molecule has 2 aromatic carbocycles. The van der Waals surface area contributed by atoms with Crippen LogP contribution < -0.4 is 0 Å². The van der Waals surface area contributed by atoms with Crippen molar-refractivity contribution in [2.24, 2.45) is 11.8 Å². The van der Waals surface area contributed by atoms with Gasteiger partial charge in [0.05, 0.1) is 39.6 Å². The minimum atomic E-state index is -0.581. The van der Waals surface area contributed by atoms with E-state index in [0.29, 0.717) is 63.3 Å². The first-order valence-electron chi connectivity index (χ1n) is 18.7. The van der Waals surface area contributed by atoms with Crippen LogP contribution in [0.1, 0.15) is 111 Å². The van der Waals surface area contributed by atoms with Crippen molar-refractivity contribution in [2.75, 3.05) is 26.4 Å². The molecule has 0 bridgehead atoms. The number of hydrogen-bond acceptors (Lipinski definition) is 8. The van der Waals surface area contributed by atoms with Gasteiger partial charge in [0.15, 0.2) is 0 Å². The van der Waals surface area contributed by atoms with E-state index in [1.807, 2.05) is 0 Å². The molecule has 3 fully saturated rings. The third-order valence-electron chi connectivity index (χ3n) is 10.6. The Morgan fingerprint density at radius 1 is 0.600 bits per heavy atom. The predicted molar refractivity (Wildman–Crippen MR) is 192 cm³/mol. The number of esters is 2. The van der Waals surface area contributed by atoms with Crippen LogP contribution in [0.3, 0.4) is 0 Å². The zero-order valence-corrected chi connectivity index (χ0v) is 29.6. The Labute approximate surface area is 298 Å². The lowest BCUT2D eigenvalue weighted by atomic mass is 9.77. The van der Waals surface area contributed by atoms with Crippen molar-refractivity contribution in [3.05, 3.63) is 96.1 Å². The standard InChI is InChI=1S/C42H56O8/c1-3-39(43)45-25-5-7-31-9-17-35(18-10-31)37-21-13-33(14-22-37)29-49-41-42(48-28-27-47-41)50-30-34-15-23-38(24-16-34)36-19-11-32(12-20-36)8-6-26-46-40(44)4-2/h3-4,13-16,21-24,31-32,35-36,41-42H,1-2,5-12,17-20,25-30H2/t31-,32-,35-,36-,41-,42-/m0/s1. The van der Waals surface area contributed by atoms with E-state index in [4.69, 9.17) is 28.4 Å². The van der Waals surface area contributed by atoms with Gasteiger partial charge in [-0.05, 0) is 123 Å². The molecule has 2 saturated carbocycles. The summed E-state index contributed by atoms with van der Waals surface area (Å²) in [6.45, 7) is 9.66. The topological polar surface area (TPSA) is 89.5 Å². The van der Waals surface area contributed by atoms with Crippen molar-refractivity contribution < 1.29 is 38.0 Å². The van der Waals surface area contributed by atoms with E-state index in [1.165, 1.54) is 74.6 Å². The number of ether oxygens (including phenoxy) is 6. The fourth-order valence-corrected chi connectivity index (χ4v) is 7.64. The molecule has 2 aliphatic carbocycles. The van der Waals surface area contributed by atoms with Crippen LogP contribution >= 0.6 is 0 Å². The molecule has 0 spiro atoms. The Hall–Kier alpha value is -3.30. The van der Waals surface area contributed by atoms with E-state index in [9.17, 15) is 9.59 Å². The lowest BCUT2D eigenvalue weighted by molar-refractivity contribution is -0.326. The van der Waals surface area contributed by atoms with Gasteiger partial charge in [-0.2, -0.15) is 0 Å². The molecule has 0 amide bonds. The Morgan fingerprint density at radius 2 is 0.980 bits per heavy atom. The Balaban J connectivity index is 0.984. The lowest BCUT2D eigenvalue weighted by Gasteiger charge is -2.31. The van der Waals surface area contributed by atoms with E-state index in [1.54, 1.807) is 0 Å². The van der Waals surface area contributed by atoms with Crippen LogP contribution in [0.4, 0.5) is 0 Å². The van der Waals surface area contributed by atoms with Gasteiger partial charge in [-0.15, -0.1) is 0 Å². The van der Waals surface area contributed by atoms with E-state index < -0.39 is 12.6 Å². The molecule has 0 unspecified atom stereocenters. The second-order valence-corrected chi connectivity index (χ2v) is 14.0. The molecule has 0 radical (unpaired) electrons. The van der Waals surface area contributed by atoms with Gasteiger partial charge < -0.3 is 28.4 Å². The van der Waals surface area contributed by atoms with Crippen molar-refractivity contribution in [1.29, 1.82) is 0 Å². The van der Waals surface area contributed by atoms with Crippen LogP contribution in [0.25, 0.3) is 0 Å². The van der Waals surface area contributed by atoms with Crippen LogP contribution in [0.2, 0.25) is 0 Å². The van der Waals surface area contributed by atoms with Crippen LogP contribution in [0, 0.1) is 11.8 Å². The summed E-state index contributed by atoms with van der Waals surface area (Å²) in [5, 5.41) is 0. The molecule has 0 aromatic heterocycles. The first-order valence-corrected chi connectivity index (χ1v) is 18.7. The molecule has 8 heteroatoms. The van der Waals surface area contributed by atoms with Crippen molar-refractivity contribution in [3.8, 4) is 0 Å². The van der Waals surface area contributed by atoms with Gasteiger partial charge in [-0.3, -0.25) is 0 Å². The summed E-state index contributed by atoms with van der Waals surface area (Å²) in [4.78, 5) is 22.4. The highest BCUT2D eigenvalue weighted by Crippen LogP contribution is 2.39. The first kappa shape index (κ1) is 37.9. The Kier molecular flexibility index (Phi) is 15.6. The van der Waals surface area contributed by atoms with E-state index >= 15 is 0 Å². The molecular weight excluding hydrogens is 632 g/mol. The van der Waals surface area contributed by atoms with Gasteiger partial charge >= 0.3 is 11.9 Å². The lowest BCUT2D eigenvalue weighted by Crippen LogP contribution is -2.41. The molecule has 50 heavy (non-hydrogen) atoms. The second kappa shape index (κ2) is 20.5. The quantitative estimate of drug-likeness (QED) is 0.0874. The van der Waals surface area contributed by atoms with E-state index in [-0.39, 0.29) is 11.9 Å². The summed E-state index contributed by atoms with van der Waals surface area (Å²) < 4.78 is 34.4. The monoisotopic (exact) mass is 688 g/mol. The fraction of sp³-hybridized carbons (Fsp3) is 0.571. The van der Waals surface area contributed by atoms with Crippen LogP contribution in [0.15, 0.2) is 73.8 Å². The van der Waals surface area contributed by atoms with Gasteiger partial charge in [0, 0.05) is 12.2 Å². The van der Waals surface area contributed by atoms with Crippen molar-refractivity contribution in [2.45, 2.75) is 115 Å². The molecule has 272 valence electrons. The van der Waals surface area contributed by atoms with Gasteiger partial charge in [0.2, 0.25) is 12.6 Å². The number of carbonyl (C=O) groups excluding carboxylic acids is 2. The van der Waals surface area contributed by atoms with Crippen LogP contribution in [0.5, 0.6) is 0 Å². The van der Waals surface area contributed by atoms with Crippen LogP contribution in [-0.4, -0.2) is 50.9 Å². The normalized spacial score (nSPS) is 25.4. The third kappa shape index (κ3) is 12.2. The van der Waals surface area contributed by atoms with Crippen molar-refractivity contribution in [3.63, 3.8) is 0 Å². The summed E-state index contributed by atoms with van der Waals surface area (Å²) in [6, 6.07) is 17.6. The highest BCUT2D eigenvalue weighted by atomic mass is 16.8. The maximum absolute atomic E-state index is 11.2. The summed E-state index contributed by atoms with van der Waals surface area (Å²) in [7, 11) is 0.